The van der Waals surface area contributed by atoms with Crippen LogP contribution in [0.15, 0.2) is 23.1 Å². The van der Waals surface area contributed by atoms with E-state index in [4.69, 9.17) is 17.0 Å². The molecule has 3 rings (SSSR count). The van der Waals surface area contributed by atoms with Gasteiger partial charge in [0.2, 0.25) is 0 Å². The minimum Gasteiger partial charge on any atom is -0.490 e. The predicted molar refractivity (Wildman–Crippen MR) is 102 cm³/mol. The predicted octanol–water partition coefficient (Wildman–Crippen LogP) is 4.14. The Morgan fingerprint density at radius 1 is 1.36 bits per heavy atom. The van der Waals surface area contributed by atoms with Crippen molar-refractivity contribution in [1.29, 1.82) is 0 Å². The van der Waals surface area contributed by atoms with Crippen LogP contribution in [-0.4, -0.2) is 33.2 Å². The summed E-state index contributed by atoms with van der Waals surface area (Å²) in [5.41, 5.74) is 0.454. The Morgan fingerprint density at radius 3 is 2.72 bits per heavy atom. The first-order valence-electron chi connectivity index (χ1n) is 8.10. The smallest absolute Gasteiger partial charge is 0.311 e. The standard InChI is InChI=1S/C17H18N2O4S2/c1-23-14-8-7-11(9-13(14)19(21)22)10-15-16(20)18(17(24)25-15)12-5-3-2-4-6-12/h7-10,12H,2-6H2,1H3. The average Bonchev–Trinajstić information content (AvgIpc) is 2.89. The lowest BCUT2D eigenvalue weighted by molar-refractivity contribution is -0.385. The van der Waals surface area contributed by atoms with Crippen molar-refractivity contribution in [1.82, 2.24) is 4.90 Å². The Hall–Kier alpha value is -1.93. The Labute approximate surface area is 155 Å². The molecular weight excluding hydrogens is 360 g/mol. The van der Waals surface area contributed by atoms with Crippen molar-refractivity contribution < 1.29 is 14.5 Å². The van der Waals surface area contributed by atoms with E-state index in [1.807, 2.05) is 0 Å². The first-order valence-corrected chi connectivity index (χ1v) is 9.33. The van der Waals surface area contributed by atoms with Gasteiger partial charge in [0.25, 0.3) is 5.91 Å². The Bertz CT molecular complexity index is 757. The molecule has 2 fully saturated rings. The Kier molecular flexibility index (Phi) is 5.39. The number of rotatable bonds is 4. The lowest BCUT2D eigenvalue weighted by Crippen LogP contribution is -2.39. The molecule has 0 N–H and O–H groups in total. The number of carbonyl (C=O) groups is 1. The molecule has 0 bridgehead atoms. The van der Waals surface area contributed by atoms with Crippen LogP contribution in [0, 0.1) is 10.1 Å². The van der Waals surface area contributed by atoms with Crippen LogP contribution in [-0.2, 0) is 4.79 Å². The summed E-state index contributed by atoms with van der Waals surface area (Å²) >= 11 is 6.66. The van der Waals surface area contributed by atoms with Crippen LogP contribution < -0.4 is 4.74 Å². The van der Waals surface area contributed by atoms with Gasteiger partial charge in [-0.25, -0.2) is 0 Å². The van der Waals surface area contributed by atoms with Crippen LogP contribution in [0.1, 0.15) is 37.7 Å². The van der Waals surface area contributed by atoms with Gasteiger partial charge in [-0.3, -0.25) is 19.8 Å². The molecule has 0 radical (unpaired) electrons. The van der Waals surface area contributed by atoms with Gasteiger partial charge in [0.1, 0.15) is 4.32 Å². The molecule has 132 valence electrons. The molecule has 1 aliphatic heterocycles. The van der Waals surface area contributed by atoms with Gasteiger partial charge < -0.3 is 4.74 Å². The molecule has 0 unspecified atom stereocenters. The molecule has 8 heteroatoms. The second kappa shape index (κ2) is 7.53. The maximum atomic E-state index is 12.8. The molecule has 1 aromatic rings. The van der Waals surface area contributed by atoms with Gasteiger partial charge in [-0.15, -0.1) is 0 Å². The summed E-state index contributed by atoms with van der Waals surface area (Å²) in [6, 6.07) is 4.81. The number of ether oxygens (including phenoxy) is 1. The molecule has 1 aliphatic carbocycles. The van der Waals surface area contributed by atoms with E-state index in [1.54, 1.807) is 17.0 Å². The number of thioether (sulfide) groups is 1. The van der Waals surface area contributed by atoms with E-state index in [1.165, 1.54) is 37.4 Å². The van der Waals surface area contributed by atoms with Gasteiger partial charge in [0.05, 0.1) is 16.9 Å². The second-order valence-electron chi connectivity index (χ2n) is 6.03. The van der Waals surface area contributed by atoms with Gasteiger partial charge in [0.15, 0.2) is 5.75 Å². The summed E-state index contributed by atoms with van der Waals surface area (Å²) in [6.45, 7) is 0. The summed E-state index contributed by atoms with van der Waals surface area (Å²) in [6.07, 6.45) is 7.06. The van der Waals surface area contributed by atoms with E-state index in [0.29, 0.717) is 14.8 Å². The highest BCUT2D eigenvalue weighted by Gasteiger charge is 2.37. The molecular formula is C17H18N2O4S2. The molecule has 2 aliphatic rings. The van der Waals surface area contributed by atoms with Gasteiger partial charge in [-0.2, -0.15) is 0 Å². The van der Waals surface area contributed by atoms with Crippen LogP contribution in [0.4, 0.5) is 5.69 Å². The fourth-order valence-corrected chi connectivity index (χ4v) is 4.63. The van der Waals surface area contributed by atoms with Crippen molar-refractivity contribution in [2.45, 2.75) is 38.1 Å². The SMILES string of the molecule is COc1ccc(C=C2SC(=S)N(C3CCCCC3)C2=O)cc1[N+](=O)[O-]. The number of thiocarbonyl (C=S) groups is 1. The summed E-state index contributed by atoms with van der Waals surface area (Å²) in [7, 11) is 1.39. The normalized spacial score (nSPS) is 20.4. The Balaban J connectivity index is 1.86. The zero-order chi connectivity index (χ0) is 18.0. The number of hydrogen-bond donors (Lipinski definition) is 0. The Morgan fingerprint density at radius 2 is 2.08 bits per heavy atom. The molecule has 25 heavy (non-hydrogen) atoms. The zero-order valence-corrected chi connectivity index (χ0v) is 15.4. The summed E-state index contributed by atoms with van der Waals surface area (Å²) < 4.78 is 5.58. The maximum absolute atomic E-state index is 12.8. The monoisotopic (exact) mass is 378 g/mol. The number of benzene rings is 1. The van der Waals surface area contributed by atoms with E-state index in [9.17, 15) is 14.9 Å². The first-order chi connectivity index (χ1) is 12.0. The first kappa shape index (κ1) is 17.9. The van der Waals surface area contributed by atoms with Crippen molar-refractivity contribution in [3.05, 3.63) is 38.8 Å². The van der Waals surface area contributed by atoms with E-state index in [-0.39, 0.29) is 23.4 Å². The fourth-order valence-electron chi connectivity index (χ4n) is 3.22. The third kappa shape index (κ3) is 3.69. The van der Waals surface area contributed by atoms with E-state index in [2.05, 4.69) is 0 Å². The van der Waals surface area contributed by atoms with Crippen LogP contribution >= 0.6 is 24.0 Å². The van der Waals surface area contributed by atoms with Crippen molar-refractivity contribution in [3.63, 3.8) is 0 Å². The third-order valence-corrected chi connectivity index (χ3v) is 5.79. The van der Waals surface area contributed by atoms with Gasteiger partial charge in [-0.1, -0.05) is 49.3 Å². The number of hydrogen-bond acceptors (Lipinski definition) is 6. The van der Waals surface area contributed by atoms with E-state index < -0.39 is 4.92 Å². The molecule has 6 nitrogen and oxygen atoms in total. The highest BCUT2D eigenvalue weighted by atomic mass is 32.2. The number of nitro benzene ring substituents is 1. The van der Waals surface area contributed by atoms with Gasteiger partial charge in [-0.05, 0) is 30.5 Å². The van der Waals surface area contributed by atoms with Crippen molar-refractivity contribution in [2.24, 2.45) is 0 Å². The van der Waals surface area contributed by atoms with Crippen LogP contribution in [0.5, 0.6) is 5.75 Å². The minimum atomic E-state index is -0.497. The molecule has 1 amide bonds. The third-order valence-electron chi connectivity index (χ3n) is 4.46. The molecule has 0 aromatic heterocycles. The largest absolute Gasteiger partial charge is 0.490 e. The highest BCUT2D eigenvalue weighted by molar-refractivity contribution is 8.26. The van der Waals surface area contributed by atoms with E-state index in [0.717, 1.165) is 25.7 Å². The number of carbonyl (C=O) groups excluding carboxylic acids is 1. The summed E-state index contributed by atoms with van der Waals surface area (Å²) in [5, 5.41) is 11.1. The van der Waals surface area contributed by atoms with Gasteiger partial charge >= 0.3 is 5.69 Å². The van der Waals surface area contributed by atoms with Gasteiger partial charge in [0, 0.05) is 12.1 Å². The molecule has 1 saturated heterocycles. The van der Waals surface area contributed by atoms with Crippen molar-refractivity contribution in [3.8, 4) is 5.75 Å². The number of amides is 1. The second-order valence-corrected chi connectivity index (χ2v) is 7.71. The summed E-state index contributed by atoms with van der Waals surface area (Å²) in [5.74, 6) is 0.0947. The van der Waals surface area contributed by atoms with Crippen LogP contribution in [0.25, 0.3) is 6.08 Å². The molecule has 1 heterocycles. The minimum absolute atomic E-state index is 0.0969. The maximum Gasteiger partial charge on any atom is 0.311 e. The molecule has 1 aromatic carbocycles. The van der Waals surface area contributed by atoms with E-state index >= 15 is 0 Å². The quantitative estimate of drug-likeness (QED) is 0.339. The topological polar surface area (TPSA) is 72.7 Å². The molecule has 1 saturated carbocycles. The lowest BCUT2D eigenvalue weighted by atomic mass is 9.94. The molecule has 0 atom stereocenters. The number of methoxy groups -OCH3 is 1. The van der Waals surface area contributed by atoms with Crippen LogP contribution in [0.3, 0.4) is 0 Å². The molecule has 0 spiro atoms. The average molecular weight is 378 g/mol. The fraction of sp³-hybridized carbons (Fsp3) is 0.412. The zero-order valence-electron chi connectivity index (χ0n) is 13.8. The van der Waals surface area contributed by atoms with Crippen molar-refractivity contribution >= 4 is 46.0 Å². The number of nitro groups is 1. The number of nitrogens with zero attached hydrogens (tertiary/aromatic N) is 2. The highest BCUT2D eigenvalue weighted by Crippen LogP contribution is 2.38. The summed E-state index contributed by atoms with van der Waals surface area (Å²) in [4.78, 5) is 25.6. The lowest BCUT2D eigenvalue weighted by Gasteiger charge is -2.29. The van der Waals surface area contributed by atoms with Crippen molar-refractivity contribution in [2.75, 3.05) is 7.11 Å². The van der Waals surface area contributed by atoms with Crippen LogP contribution in [0.2, 0.25) is 0 Å².